The normalized spacial score (nSPS) is 16.9. The Morgan fingerprint density at radius 3 is 2.52 bits per heavy atom. The lowest BCUT2D eigenvalue weighted by molar-refractivity contribution is 0.0560. The van der Waals surface area contributed by atoms with Gasteiger partial charge in [0, 0.05) is 12.1 Å². The molecule has 1 amide bonds. The Hall–Kier alpha value is -2.71. The van der Waals surface area contributed by atoms with Crippen LogP contribution in [0.3, 0.4) is 0 Å². The van der Waals surface area contributed by atoms with Gasteiger partial charge in [-0.2, -0.15) is 0 Å². The summed E-state index contributed by atoms with van der Waals surface area (Å²) in [6.45, 7) is 2.45. The van der Waals surface area contributed by atoms with E-state index in [1.807, 2.05) is 0 Å². The van der Waals surface area contributed by atoms with Gasteiger partial charge in [-0.1, -0.05) is 0 Å². The van der Waals surface area contributed by atoms with Crippen molar-refractivity contribution < 1.29 is 28.6 Å². The van der Waals surface area contributed by atoms with Gasteiger partial charge in [0.05, 0.1) is 26.9 Å². The number of rotatable bonds is 4. The third-order valence-corrected chi connectivity index (χ3v) is 3.96. The van der Waals surface area contributed by atoms with E-state index in [0.717, 1.165) is 12.8 Å². The first-order valence-electron chi connectivity index (χ1n) is 8.01. The molecule has 0 bridgehead atoms. The van der Waals surface area contributed by atoms with Crippen LogP contribution in [0.25, 0.3) is 0 Å². The molecule has 0 N–H and O–H groups in total. The molecule has 2 heterocycles. The van der Waals surface area contributed by atoms with Gasteiger partial charge in [-0.25, -0.2) is 14.4 Å². The second-order valence-electron chi connectivity index (χ2n) is 5.42. The third-order valence-electron chi connectivity index (χ3n) is 3.96. The summed E-state index contributed by atoms with van der Waals surface area (Å²) in [4.78, 5) is 37.6. The predicted octanol–water partition coefficient (Wildman–Crippen LogP) is 1.73. The molecule has 1 unspecified atom stereocenters. The Labute approximate surface area is 145 Å². The van der Waals surface area contributed by atoms with Crippen LogP contribution in [-0.2, 0) is 14.2 Å². The molecule has 1 aliphatic heterocycles. The Balaban J connectivity index is 2.49. The van der Waals surface area contributed by atoms with E-state index >= 15 is 0 Å². The zero-order valence-electron chi connectivity index (χ0n) is 14.5. The van der Waals surface area contributed by atoms with Crippen LogP contribution in [-0.4, -0.2) is 60.5 Å². The van der Waals surface area contributed by atoms with E-state index in [2.05, 4.69) is 14.9 Å². The summed E-state index contributed by atoms with van der Waals surface area (Å²) < 4.78 is 14.5. The van der Waals surface area contributed by atoms with Crippen LogP contribution in [0.2, 0.25) is 0 Å². The van der Waals surface area contributed by atoms with Gasteiger partial charge in [0.1, 0.15) is 0 Å². The number of hydrogen-bond donors (Lipinski definition) is 0. The molecule has 1 aromatic rings. The Bertz CT molecular complexity index is 663. The van der Waals surface area contributed by atoms with Crippen molar-refractivity contribution in [2.24, 2.45) is 0 Å². The van der Waals surface area contributed by atoms with Gasteiger partial charge in [-0.15, -0.1) is 10.2 Å². The average molecular weight is 351 g/mol. The Kier molecular flexibility index (Phi) is 6.26. The highest BCUT2D eigenvalue weighted by Crippen LogP contribution is 2.33. The molecule has 1 fully saturated rings. The Morgan fingerprint density at radius 2 is 1.88 bits per heavy atom. The van der Waals surface area contributed by atoms with Gasteiger partial charge in [-0.05, 0) is 32.3 Å². The largest absolute Gasteiger partial charge is 0.464 e. The predicted molar refractivity (Wildman–Crippen MR) is 85.0 cm³/mol. The molecule has 9 nitrogen and oxygen atoms in total. The number of nitrogens with zero attached hydrogens (tertiary/aromatic N) is 3. The van der Waals surface area contributed by atoms with Gasteiger partial charge >= 0.3 is 18.0 Å². The molecule has 1 aliphatic rings. The summed E-state index contributed by atoms with van der Waals surface area (Å²) >= 11 is 0. The maximum absolute atomic E-state index is 12.3. The second kappa shape index (κ2) is 8.41. The summed E-state index contributed by atoms with van der Waals surface area (Å²) in [7, 11) is 2.45. The first kappa shape index (κ1) is 18.6. The molecule has 0 spiro atoms. The number of likely N-dealkylation sites (tertiary alicyclic amines) is 1. The van der Waals surface area contributed by atoms with Crippen LogP contribution in [0.1, 0.15) is 58.8 Å². The topological polar surface area (TPSA) is 108 Å². The SMILES string of the molecule is CCOC(=O)N1CCCCC1c1cc(C(=O)OC)nnc1C(=O)OC. The van der Waals surface area contributed by atoms with Crippen LogP contribution >= 0.6 is 0 Å². The highest BCUT2D eigenvalue weighted by molar-refractivity contribution is 5.91. The number of hydrogen-bond acceptors (Lipinski definition) is 8. The molecule has 0 saturated carbocycles. The summed E-state index contributed by atoms with van der Waals surface area (Å²) in [6, 6.07) is 0.966. The highest BCUT2D eigenvalue weighted by atomic mass is 16.6. The minimum Gasteiger partial charge on any atom is -0.464 e. The fraction of sp³-hybridized carbons (Fsp3) is 0.562. The quantitative estimate of drug-likeness (QED) is 0.596. The van der Waals surface area contributed by atoms with Crippen molar-refractivity contribution in [2.75, 3.05) is 27.4 Å². The van der Waals surface area contributed by atoms with Gasteiger partial charge in [0.15, 0.2) is 11.4 Å². The van der Waals surface area contributed by atoms with Crippen LogP contribution in [0.5, 0.6) is 0 Å². The zero-order valence-corrected chi connectivity index (χ0v) is 14.5. The highest BCUT2D eigenvalue weighted by Gasteiger charge is 2.33. The number of amides is 1. The van der Waals surface area contributed by atoms with E-state index in [9.17, 15) is 14.4 Å². The number of methoxy groups -OCH3 is 2. The molecule has 1 saturated heterocycles. The van der Waals surface area contributed by atoms with Crippen LogP contribution < -0.4 is 0 Å². The number of esters is 2. The zero-order chi connectivity index (χ0) is 18.4. The van der Waals surface area contributed by atoms with Gasteiger partial charge in [0.2, 0.25) is 0 Å². The van der Waals surface area contributed by atoms with Crippen molar-refractivity contribution in [1.29, 1.82) is 0 Å². The first-order chi connectivity index (χ1) is 12.0. The molecule has 0 aliphatic carbocycles. The fourth-order valence-corrected chi connectivity index (χ4v) is 2.80. The summed E-state index contributed by atoms with van der Waals surface area (Å²) in [6.07, 6.45) is 1.82. The molecule has 2 rings (SSSR count). The third kappa shape index (κ3) is 4.04. The molecule has 1 atom stereocenters. The molecule has 136 valence electrons. The van der Waals surface area contributed by atoms with Gasteiger partial charge < -0.3 is 19.1 Å². The number of carbonyl (C=O) groups is 3. The molecule has 25 heavy (non-hydrogen) atoms. The minimum atomic E-state index is -0.687. The van der Waals surface area contributed by atoms with E-state index in [-0.39, 0.29) is 18.0 Å². The van der Waals surface area contributed by atoms with E-state index in [0.29, 0.717) is 18.5 Å². The van der Waals surface area contributed by atoms with Crippen molar-refractivity contribution in [3.8, 4) is 0 Å². The fourth-order valence-electron chi connectivity index (χ4n) is 2.80. The van der Waals surface area contributed by atoms with Crippen molar-refractivity contribution >= 4 is 18.0 Å². The van der Waals surface area contributed by atoms with E-state index < -0.39 is 24.1 Å². The number of ether oxygens (including phenoxy) is 3. The lowest BCUT2D eigenvalue weighted by Gasteiger charge is -2.35. The molecule has 1 aromatic heterocycles. The monoisotopic (exact) mass is 351 g/mol. The average Bonchev–Trinajstić information content (AvgIpc) is 2.66. The van der Waals surface area contributed by atoms with Crippen LogP contribution in [0.15, 0.2) is 6.07 Å². The lowest BCUT2D eigenvalue weighted by atomic mass is 9.94. The van der Waals surface area contributed by atoms with Crippen molar-refractivity contribution in [3.63, 3.8) is 0 Å². The van der Waals surface area contributed by atoms with Gasteiger partial charge in [0.25, 0.3) is 0 Å². The van der Waals surface area contributed by atoms with Crippen LogP contribution in [0.4, 0.5) is 4.79 Å². The van der Waals surface area contributed by atoms with Crippen molar-refractivity contribution in [3.05, 3.63) is 23.0 Å². The molecule has 0 radical (unpaired) electrons. The number of carbonyl (C=O) groups excluding carboxylic acids is 3. The molecular weight excluding hydrogens is 330 g/mol. The molecular formula is C16H21N3O6. The van der Waals surface area contributed by atoms with E-state index in [1.165, 1.54) is 25.2 Å². The van der Waals surface area contributed by atoms with Crippen molar-refractivity contribution in [2.45, 2.75) is 32.2 Å². The molecule has 0 aromatic carbocycles. The number of piperidine rings is 1. The van der Waals surface area contributed by atoms with Crippen molar-refractivity contribution in [1.82, 2.24) is 15.1 Å². The summed E-state index contributed by atoms with van der Waals surface area (Å²) in [5, 5.41) is 7.55. The minimum absolute atomic E-state index is 0.0312. The second-order valence-corrected chi connectivity index (χ2v) is 5.42. The van der Waals surface area contributed by atoms with Crippen LogP contribution in [0, 0.1) is 0 Å². The first-order valence-corrected chi connectivity index (χ1v) is 8.01. The Morgan fingerprint density at radius 1 is 1.16 bits per heavy atom. The molecule has 9 heteroatoms. The number of aromatic nitrogens is 2. The summed E-state index contributed by atoms with van der Waals surface area (Å²) in [5.41, 5.74) is 0.325. The maximum Gasteiger partial charge on any atom is 0.410 e. The van der Waals surface area contributed by atoms with E-state index in [4.69, 9.17) is 9.47 Å². The standard InChI is InChI=1S/C16H21N3O6/c1-4-25-16(22)19-8-6-5-7-12(19)10-9-11(14(20)23-2)17-18-13(10)15(21)24-3/h9,12H,4-8H2,1-3H3. The summed E-state index contributed by atoms with van der Waals surface area (Å²) in [5.74, 6) is -1.36. The van der Waals surface area contributed by atoms with E-state index in [1.54, 1.807) is 6.92 Å². The lowest BCUT2D eigenvalue weighted by Crippen LogP contribution is -2.39. The van der Waals surface area contributed by atoms with Gasteiger partial charge in [-0.3, -0.25) is 0 Å². The maximum atomic E-state index is 12.3. The smallest absolute Gasteiger partial charge is 0.410 e.